The lowest BCUT2D eigenvalue weighted by molar-refractivity contribution is -0.693. The Morgan fingerprint density at radius 1 is 0.960 bits per heavy atom. The number of hydrogen-bond acceptors (Lipinski definition) is 1. The maximum absolute atomic E-state index is 3.44. The number of quaternary nitrogens is 1. The van der Waals surface area contributed by atoms with E-state index in [0.29, 0.717) is 12.0 Å². The van der Waals surface area contributed by atoms with Gasteiger partial charge in [0.1, 0.15) is 6.04 Å². The summed E-state index contributed by atoms with van der Waals surface area (Å²) in [6.45, 7) is 3.33. The maximum atomic E-state index is 3.44. The number of fused-ring (bicyclic) bond motifs is 1. The van der Waals surface area contributed by atoms with Crippen molar-refractivity contribution in [3.8, 4) is 0 Å². The molecule has 0 fully saturated rings. The smallest absolute Gasteiger partial charge is 0.109 e. The molecule has 2 heterocycles. The van der Waals surface area contributed by atoms with Crippen molar-refractivity contribution in [2.24, 2.45) is 0 Å². The summed E-state index contributed by atoms with van der Waals surface area (Å²) in [5, 5.41) is 5.97. The van der Waals surface area contributed by atoms with Gasteiger partial charge in [-0.3, -0.25) is 0 Å². The molecule has 4 rings (SSSR count). The molecule has 0 bridgehead atoms. The quantitative estimate of drug-likeness (QED) is 0.507. The third-order valence-electron chi connectivity index (χ3n) is 4.93. The van der Waals surface area contributed by atoms with Crippen molar-refractivity contribution >= 4 is 22.2 Å². The van der Waals surface area contributed by atoms with Crippen LogP contribution in [0.1, 0.15) is 34.9 Å². The zero-order chi connectivity index (χ0) is 17.1. The zero-order valence-corrected chi connectivity index (χ0v) is 15.2. The number of para-hydroxylation sites is 1. The predicted molar refractivity (Wildman–Crippen MR) is 106 cm³/mol. The molecule has 0 radical (unpaired) electrons. The SMILES string of the molecule is C[C@@H]([NH2+]C[C@@H](c1cccs1)c1c[nH]c2ccccc12)c1ccccc1. The van der Waals surface area contributed by atoms with E-state index in [-0.39, 0.29) is 0 Å². The molecule has 25 heavy (non-hydrogen) atoms. The highest BCUT2D eigenvalue weighted by Gasteiger charge is 2.22. The second-order valence-corrected chi connectivity index (χ2v) is 7.51. The molecule has 0 saturated heterocycles. The van der Waals surface area contributed by atoms with Crippen molar-refractivity contribution in [1.82, 2.24) is 4.98 Å². The summed E-state index contributed by atoms with van der Waals surface area (Å²) in [5.41, 5.74) is 4.00. The second-order valence-electron chi connectivity index (χ2n) is 6.53. The number of aromatic nitrogens is 1. The fourth-order valence-corrected chi connectivity index (χ4v) is 4.36. The first-order chi connectivity index (χ1) is 12.3. The Hall–Kier alpha value is -2.36. The normalized spacial score (nSPS) is 13.8. The highest BCUT2D eigenvalue weighted by Crippen LogP contribution is 2.32. The van der Waals surface area contributed by atoms with Crippen molar-refractivity contribution in [3.05, 3.63) is 94.3 Å². The van der Waals surface area contributed by atoms with Crippen LogP contribution in [0.2, 0.25) is 0 Å². The number of H-pyrrole nitrogens is 1. The molecule has 0 unspecified atom stereocenters. The number of nitrogens with one attached hydrogen (secondary N) is 1. The highest BCUT2D eigenvalue weighted by molar-refractivity contribution is 7.10. The van der Waals surface area contributed by atoms with E-state index in [0.717, 1.165) is 6.54 Å². The molecular weight excluding hydrogens is 324 g/mol. The summed E-state index contributed by atoms with van der Waals surface area (Å²) in [6, 6.07) is 24.2. The van der Waals surface area contributed by atoms with E-state index in [2.05, 4.69) is 95.5 Å². The van der Waals surface area contributed by atoms with Gasteiger partial charge in [-0.1, -0.05) is 54.6 Å². The van der Waals surface area contributed by atoms with Crippen molar-refractivity contribution in [3.63, 3.8) is 0 Å². The van der Waals surface area contributed by atoms with Gasteiger partial charge in [0.05, 0.1) is 12.5 Å². The van der Waals surface area contributed by atoms with Crippen molar-refractivity contribution in [2.75, 3.05) is 6.54 Å². The fraction of sp³-hybridized carbons (Fsp3) is 0.182. The first kappa shape index (κ1) is 16.1. The zero-order valence-electron chi connectivity index (χ0n) is 14.4. The van der Waals surface area contributed by atoms with Gasteiger partial charge >= 0.3 is 0 Å². The maximum Gasteiger partial charge on any atom is 0.109 e. The van der Waals surface area contributed by atoms with Crippen LogP contribution >= 0.6 is 11.3 Å². The van der Waals surface area contributed by atoms with Crippen molar-refractivity contribution in [1.29, 1.82) is 0 Å². The topological polar surface area (TPSA) is 32.4 Å². The lowest BCUT2D eigenvalue weighted by atomic mass is 9.96. The number of hydrogen-bond donors (Lipinski definition) is 2. The van der Waals surface area contributed by atoms with Gasteiger partial charge in [-0.25, -0.2) is 0 Å². The van der Waals surface area contributed by atoms with E-state index in [9.17, 15) is 0 Å². The standard InChI is InChI=1S/C22H22N2S/c1-16(17-8-3-2-4-9-17)23-15-20(22-12-7-13-25-22)19-14-24-21-11-6-5-10-18(19)21/h2-14,16,20,23-24H,15H2,1H3/p+1/t16-,20-/m1/s1. The van der Waals surface area contributed by atoms with Gasteiger partial charge in [-0.15, -0.1) is 11.3 Å². The summed E-state index contributed by atoms with van der Waals surface area (Å²) < 4.78 is 0. The molecule has 126 valence electrons. The second kappa shape index (κ2) is 7.26. The van der Waals surface area contributed by atoms with Crippen LogP contribution in [0.4, 0.5) is 0 Å². The molecule has 2 nitrogen and oxygen atoms in total. The number of thiophene rings is 1. The minimum Gasteiger partial charge on any atom is -0.361 e. The van der Waals surface area contributed by atoms with E-state index in [4.69, 9.17) is 0 Å². The average Bonchev–Trinajstić information content (AvgIpc) is 3.33. The van der Waals surface area contributed by atoms with Crippen molar-refractivity contribution < 1.29 is 5.32 Å². The Morgan fingerprint density at radius 3 is 2.56 bits per heavy atom. The van der Waals surface area contributed by atoms with Crippen molar-refractivity contribution in [2.45, 2.75) is 18.9 Å². The van der Waals surface area contributed by atoms with Gasteiger partial charge in [0.2, 0.25) is 0 Å². The Bertz CT molecular complexity index is 925. The third-order valence-corrected chi connectivity index (χ3v) is 5.92. The summed E-state index contributed by atoms with van der Waals surface area (Å²) in [5.74, 6) is 0.405. The van der Waals surface area contributed by atoms with E-state index >= 15 is 0 Å². The molecule has 0 amide bonds. The van der Waals surface area contributed by atoms with Crippen LogP contribution in [0.25, 0.3) is 10.9 Å². The fourth-order valence-electron chi connectivity index (χ4n) is 3.50. The largest absolute Gasteiger partial charge is 0.361 e. The number of benzene rings is 2. The van der Waals surface area contributed by atoms with E-state index in [1.807, 2.05) is 11.3 Å². The molecule has 2 aromatic heterocycles. The molecule has 0 aliphatic heterocycles. The third kappa shape index (κ3) is 3.39. The molecular formula is C22H23N2S+. The molecule has 0 aliphatic carbocycles. The molecule has 3 N–H and O–H groups in total. The summed E-state index contributed by atoms with van der Waals surface area (Å²) in [6.07, 6.45) is 2.19. The summed E-state index contributed by atoms with van der Waals surface area (Å²) in [7, 11) is 0. The van der Waals surface area contributed by atoms with Gasteiger partial charge in [-0.05, 0) is 30.0 Å². The monoisotopic (exact) mass is 347 g/mol. The Balaban J connectivity index is 1.61. The van der Waals surface area contributed by atoms with E-state index < -0.39 is 0 Å². The molecule has 2 atom stereocenters. The number of aromatic amines is 1. The number of rotatable bonds is 6. The van der Waals surface area contributed by atoms with Gasteiger partial charge in [0, 0.05) is 27.5 Å². The molecule has 0 saturated carbocycles. The predicted octanol–water partition coefficient (Wildman–Crippen LogP) is 4.69. The van der Waals surface area contributed by atoms with E-state index in [1.165, 1.54) is 26.9 Å². The average molecular weight is 348 g/mol. The van der Waals surface area contributed by atoms with Gasteiger partial charge < -0.3 is 10.3 Å². The Morgan fingerprint density at radius 2 is 1.76 bits per heavy atom. The Labute approximate surface area is 152 Å². The van der Waals surface area contributed by atoms with Crippen LogP contribution in [0.3, 0.4) is 0 Å². The van der Waals surface area contributed by atoms with Gasteiger partial charge in [-0.2, -0.15) is 0 Å². The Kier molecular flexibility index (Phi) is 4.68. The first-order valence-corrected chi connectivity index (χ1v) is 9.68. The minimum atomic E-state index is 0.405. The van der Waals surface area contributed by atoms with Gasteiger partial charge in [0.25, 0.3) is 0 Å². The van der Waals surface area contributed by atoms with Crippen LogP contribution in [0.15, 0.2) is 78.3 Å². The van der Waals surface area contributed by atoms with Crippen LogP contribution in [-0.4, -0.2) is 11.5 Å². The summed E-state index contributed by atoms with van der Waals surface area (Å²) >= 11 is 1.85. The van der Waals surface area contributed by atoms with E-state index in [1.54, 1.807) is 0 Å². The highest BCUT2D eigenvalue weighted by atomic mass is 32.1. The van der Waals surface area contributed by atoms with Crippen LogP contribution in [0, 0.1) is 0 Å². The lowest BCUT2D eigenvalue weighted by Crippen LogP contribution is -2.85. The van der Waals surface area contributed by atoms with Gasteiger partial charge in [0.15, 0.2) is 0 Å². The minimum absolute atomic E-state index is 0.405. The first-order valence-electron chi connectivity index (χ1n) is 8.80. The van der Waals surface area contributed by atoms with Crippen LogP contribution in [0.5, 0.6) is 0 Å². The number of nitrogens with two attached hydrogens (primary N) is 1. The lowest BCUT2D eigenvalue weighted by Gasteiger charge is -2.17. The molecule has 3 heteroatoms. The molecule has 2 aromatic carbocycles. The molecule has 0 spiro atoms. The molecule has 0 aliphatic rings. The molecule has 4 aromatic rings. The van der Waals surface area contributed by atoms with Crippen LogP contribution in [-0.2, 0) is 0 Å². The summed E-state index contributed by atoms with van der Waals surface area (Å²) in [4.78, 5) is 4.87. The van der Waals surface area contributed by atoms with Crippen LogP contribution < -0.4 is 5.32 Å².